The fraction of sp³-hybridized carbons (Fsp3) is 0.600. The summed E-state index contributed by atoms with van der Waals surface area (Å²) in [4.78, 5) is 2.30. The lowest BCUT2D eigenvalue weighted by molar-refractivity contribution is 0.339. The van der Waals surface area contributed by atoms with Crippen LogP contribution < -0.4 is 10.1 Å². The minimum absolute atomic E-state index is 0.380. The predicted molar refractivity (Wildman–Crippen MR) is 77.2 cm³/mol. The summed E-state index contributed by atoms with van der Waals surface area (Å²) < 4.78 is 5.44. The summed E-state index contributed by atoms with van der Waals surface area (Å²) in [6, 6.07) is 8.72. The van der Waals surface area contributed by atoms with Gasteiger partial charge >= 0.3 is 0 Å². The van der Waals surface area contributed by atoms with Crippen LogP contribution in [0.15, 0.2) is 24.3 Å². The van der Waals surface area contributed by atoms with Gasteiger partial charge in [-0.3, -0.25) is 0 Å². The predicted octanol–water partition coefficient (Wildman–Crippen LogP) is 2.69. The second-order valence-electron chi connectivity index (χ2n) is 4.57. The Morgan fingerprint density at radius 1 is 1.22 bits per heavy atom. The van der Waals surface area contributed by atoms with E-state index in [4.69, 9.17) is 4.74 Å². The SMILES string of the molecule is CCOc1ccc(C(C)NCCN(C)CC)cc1. The lowest BCUT2D eigenvalue weighted by Crippen LogP contribution is -2.30. The summed E-state index contributed by atoms with van der Waals surface area (Å²) in [5.74, 6) is 0.944. The fourth-order valence-electron chi connectivity index (χ4n) is 1.77. The highest BCUT2D eigenvalue weighted by molar-refractivity contribution is 5.28. The number of likely N-dealkylation sites (N-methyl/N-ethyl adjacent to an activating group) is 1. The van der Waals surface area contributed by atoms with Crippen molar-refractivity contribution in [3.8, 4) is 5.75 Å². The quantitative estimate of drug-likeness (QED) is 0.767. The summed E-state index contributed by atoms with van der Waals surface area (Å²) >= 11 is 0. The van der Waals surface area contributed by atoms with Crippen LogP contribution in [-0.4, -0.2) is 38.2 Å². The van der Waals surface area contributed by atoms with Crippen LogP contribution in [0.4, 0.5) is 0 Å². The fourth-order valence-corrected chi connectivity index (χ4v) is 1.77. The highest BCUT2D eigenvalue weighted by Gasteiger charge is 2.05. The summed E-state index contributed by atoms with van der Waals surface area (Å²) in [6.07, 6.45) is 0. The van der Waals surface area contributed by atoms with E-state index in [0.717, 1.165) is 32.0 Å². The molecular weight excluding hydrogens is 224 g/mol. The maximum absolute atomic E-state index is 5.44. The standard InChI is InChI=1S/C15H26N2O/c1-5-17(4)12-11-16-13(3)14-7-9-15(10-8-14)18-6-2/h7-10,13,16H,5-6,11-12H2,1-4H3. The molecule has 0 amide bonds. The molecule has 1 atom stereocenters. The molecule has 0 aromatic heterocycles. The zero-order valence-corrected chi connectivity index (χ0v) is 12.1. The van der Waals surface area contributed by atoms with Crippen molar-refractivity contribution in [2.45, 2.75) is 26.8 Å². The van der Waals surface area contributed by atoms with Gasteiger partial charge in [0.25, 0.3) is 0 Å². The van der Waals surface area contributed by atoms with Gasteiger partial charge in [0.1, 0.15) is 5.75 Å². The van der Waals surface area contributed by atoms with Crippen molar-refractivity contribution >= 4 is 0 Å². The van der Waals surface area contributed by atoms with Gasteiger partial charge in [-0.05, 0) is 45.1 Å². The Kier molecular flexibility index (Phi) is 6.76. The molecule has 102 valence electrons. The van der Waals surface area contributed by atoms with Crippen molar-refractivity contribution in [2.75, 3.05) is 33.3 Å². The van der Waals surface area contributed by atoms with E-state index >= 15 is 0 Å². The maximum atomic E-state index is 5.44. The number of rotatable bonds is 8. The molecule has 1 aromatic carbocycles. The largest absolute Gasteiger partial charge is 0.494 e. The first-order valence-corrected chi connectivity index (χ1v) is 6.82. The van der Waals surface area contributed by atoms with E-state index in [-0.39, 0.29) is 0 Å². The third-order valence-corrected chi connectivity index (χ3v) is 3.17. The van der Waals surface area contributed by atoms with Gasteiger partial charge in [-0.25, -0.2) is 0 Å². The molecule has 0 aliphatic carbocycles. The topological polar surface area (TPSA) is 24.5 Å². The van der Waals surface area contributed by atoms with Crippen molar-refractivity contribution < 1.29 is 4.74 Å². The van der Waals surface area contributed by atoms with E-state index in [0.29, 0.717) is 6.04 Å². The van der Waals surface area contributed by atoms with E-state index in [2.05, 4.69) is 43.2 Å². The number of nitrogens with one attached hydrogen (secondary N) is 1. The average Bonchev–Trinajstić information content (AvgIpc) is 2.39. The van der Waals surface area contributed by atoms with Crippen molar-refractivity contribution in [3.05, 3.63) is 29.8 Å². The molecule has 1 rings (SSSR count). The van der Waals surface area contributed by atoms with E-state index in [9.17, 15) is 0 Å². The molecule has 0 spiro atoms. The van der Waals surface area contributed by atoms with E-state index in [1.807, 2.05) is 19.1 Å². The minimum Gasteiger partial charge on any atom is -0.494 e. The molecule has 1 unspecified atom stereocenters. The molecule has 3 heteroatoms. The summed E-state index contributed by atoms with van der Waals surface area (Å²) in [6.45, 7) is 10.3. The van der Waals surface area contributed by atoms with Crippen molar-refractivity contribution in [2.24, 2.45) is 0 Å². The Balaban J connectivity index is 2.39. The molecule has 1 N–H and O–H groups in total. The van der Waals surface area contributed by atoms with Gasteiger partial charge < -0.3 is 15.0 Å². The Labute approximate surface area is 111 Å². The molecule has 0 saturated heterocycles. The van der Waals surface area contributed by atoms with Crippen molar-refractivity contribution in [1.29, 1.82) is 0 Å². The smallest absolute Gasteiger partial charge is 0.119 e. The van der Waals surface area contributed by atoms with Crippen LogP contribution in [0.5, 0.6) is 5.75 Å². The average molecular weight is 250 g/mol. The Bertz CT molecular complexity index is 324. The normalized spacial score (nSPS) is 12.7. The van der Waals surface area contributed by atoms with Gasteiger partial charge in [-0.1, -0.05) is 19.1 Å². The van der Waals surface area contributed by atoms with Gasteiger partial charge in [0.05, 0.1) is 6.61 Å². The van der Waals surface area contributed by atoms with Gasteiger partial charge in [0.2, 0.25) is 0 Å². The van der Waals surface area contributed by atoms with E-state index < -0.39 is 0 Å². The van der Waals surface area contributed by atoms with E-state index in [1.54, 1.807) is 0 Å². The first-order chi connectivity index (χ1) is 8.67. The maximum Gasteiger partial charge on any atom is 0.119 e. The second kappa shape index (κ2) is 8.11. The van der Waals surface area contributed by atoms with Crippen molar-refractivity contribution in [1.82, 2.24) is 10.2 Å². The molecule has 0 heterocycles. The molecule has 0 radical (unpaired) electrons. The lowest BCUT2D eigenvalue weighted by atomic mass is 10.1. The zero-order chi connectivity index (χ0) is 13.4. The second-order valence-corrected chi connectivity index (χ2v) is 4.57. The van der Waals surface area contributed by atoms with Crippen LogP contribution in [0.2, 0.25) is 0 Å². The number of hydrogen-bond acceptors (Lipinski definition) is 3. The highest BCUT2D eigenvalue weighted by Crippen LogP contribution is 2.17. The Hall–Kier alpha value is -1.06. The van der Waals surface area contributed by atoms with Gasteiger partial charge in [0, 0.05) is 19.1 Å². The molecule has 0 aliphatic heterocycles. The number of hydrogen-bond donors (Lipinski definition) is 1. The minimum atomic E-state index is 0.380. The van der Waals surface area contributed by atoms with Gasteiger partial charge in [-0.15, -0.1) is 0 Å². The number of ether oxygens (including phenoxy) is 1. The van der Waals surface area contributed by atoms with Gasteiger partial charge in [-0.2, -0.15) is 0 Å². The molecule has 0 bridgehead atoms. The number of benzene rings is 1. The first kappa shape index (κ1) is 15.0. The molecule has 0 aliphatic rings. The monoisotopic (exact) mass is 250 g/mol. The lowest BCUT2D eigenvalue weighted by Gasteiger charge is -2.18. The Morgan fingerprint density at radius 2 is 1.89 bits per heavy atom. The summed E-state index contributed by atoms with van der Waals surface area (Å²) in [5.41, 5.74) is 1.30. The van der Waals surface area contributed by atoms with Crippen LogP contribution >= 0.6 is 0 Å². The highest BCUT2D eigenvalue weighted by atomic mass is 16.5. The van der Waals surface area contributed by atoms with Crippen LogP contribution in [0.25, 0.3) is 0 Å². The molecule has 18 heavy (non-hydrogen) atoms. The zero-order valence-electron chi connectivity index (χ0n) is 12.1. The van der Waals surface area contributed by atoms with Crippen molar-refractivity contribution in [3.63, 3.8) is 0 Å². The molecule has 3 nitrogen and oxygen atoms in total. The van der Waals surface area contributed by atoms with Crippen LogP contribution in [-0.2, 0) is 0 Å². The molecule has 0 saturated carbocycles. The molecule has 0 fully saturated rings. The molecular formula is C15H26N2O. The van der Waals surface area contributed by atoms with Gasteiger partial charge in [0.15, 0.2) is 0 Å². The third kappa shape index (κ3) is 5.07. The number of nitrogens with zero attached hydrogens (tertiary/aromatic N) is 1. The third-order valence-electron chi connectivity index (χ3n) is 3.17. The van der Waals surface area contributed by atoms with E-state index in [1.165, 1.54) is 5.56 Å². The Morgan fingerprint density at radius 3 is 2.44 bits per heavy atom. The van der Waals surface area contributed by atoms with Crippen LogP contribution in [0.3, 0.4) is 0 Å². The summed E-state index contributed by atoms with van der Waals surface area (Å²) in [5, 5.41) is 3.53. The summed E-state index contributed by atoms with van der Waals surface area (Å²) in [7, 11) is 2.14. The molecule has 1 aromatic rings. The van der Waals surface area contributed by atoms with Crippen LogP contribution in [0, 0.1) is 0 Å². The van der Waals surface area contributed by atoms with Crippen LogP contribution in [0.1, 0.15) is 32.4 Å². The first-order valence-electron chi connectivity index (χ1n) is 6.82.